The Balaban J connectivity index is 0.906. The van der Waals surface area contributed by atoms with E-state index in [-0.39, 0.29) is 43.8 Å². The van der Waals surface area contributed by atoms with E-state index in [2.05, 4.69) is 34.6 Å². The van der Waals surface area contributed by atoms with E-state index in [1.54, 1.807) is 48.5 Å². The van der Waals surface area contributed by atoms with E-state index >= 15 is 0 Å². The number of hydrogen-bond donors (Lipinski definition) is 0. The van der Waals surface area contributed by atoms with E-state index in [1.807, 2.05) is 81.4 Å². The predicted molar refractivity (Wildman–Crippen MR) is 260 cm³/mol. The zero-order chi connectivity index (χ0) is 48.1. The number of benzene rings is 6. The summed E-state index contributed by atoms with van der Waals surface area (Å²) < 4.78 is 39.5. The number of amides is 4. The molecule has 344 valence electrons. The Bertz CT molecular complexity index is 3010. The number of carbonyl (C=O) groups is 4. The number of fused-ring (bicyclic) bond motifs is 2. The van der Waals surface area contributed by atoms with Gasteiger partial charge in [-0.25, -0.2) is 13.3 Å². The van der Waals surface area contributed by atoms with Crippen LogP contribution < -0.4 is 14.4 Å². The Morgan fingerprint density at radius 2 is 0.881 bits per heavy atom. The van der Waals surface area contributed by atoms with Gasteiger partial charge in [0.05, 0.1) is 37.7 Å². The first-order valence-corrected chi connectivity index (χ1v) is 24.4. The molecule has 4 amide bonds. The summed E-state index contributed by atoms with van der Waals surface area (Å²) in [5, 5.41) is 0. The van der Waals surface area contributed by atoms with E-state index in [1.165, 1.54) is 29.2 Å². The van der Waals surface area contributed by atoms with E-state index in [0.29, 0.717) is 47.0 Å². The lowest BCUT2D eigenvalue weighted by atomic mass is 9.78. The highest BCUT2D eigenvalue weighted by Crippen LogP contribution is 2.39. The molecular formula is C56H56N2O8S. The molecule has 0 spiro atoms. The third-order valence-corrected chi connectivity index (χ3v) is 15.7. The van der Waals surface area contributed by atoms with Crippen LogP contribution in [0.3, 0.4) is 0 Å². The number of ether oxygens (including phenoxy) is 2. The van der Waals surface area contributed by atoms with Crippen molar-refractivity contribution in [2.45, 2.75) is 114 Å². The molecule has 11 heteroatoms. The fourth-order valence-corrected chi connectivity index (χ4v) is 10.2. The van der Waals surface area contributed by atoms with Crippen molar-refractivity contribution in [3.05, 3.63) is 172 Å². The number of rotatable bonds is 16. The number of carbonyl (C=O) groups excluding carboxylic acids is 4. The first-order valence-electron chi connectivity index (χ1n) is 22.9. The lowest BCUT2D eigenvalue weighted by Gasteiger charge is -2.35. The summed E-state index contributed by atoms with van der Waals surface area (Å²) in [6, 6.07) is 38.0. The SMILES string of the molecule is CCCCC(C)(C)c1ccc(S(=O)(=O)c2ccc(N3C(=O)c4ccc(Oc5ccc(C(C)(C)c6ccc(Oc7ccc8c(c7)C(=O)N(C(C)(CC)CC)C8=O)cc6)cc5)cc4C3=O)cc2)cc1. The van der Waals surface area contributed by atoms with Crippen LogP contribution in [0.25, 0.3) is 0 Å². The Morgan fingerprint density at radius 1 is 0.478 bits per heavy atom. The summed E-state index contributed by atoms with van der Waals surface area (Å²) in [6.45, 7) is 16.6. The average molecular weight is 917 g/mol. The number of sulfone groups is 1. The van der Waals surface area contributed by atoms with Crippen molar-refractivity contribution >= 4 is 39.2 Å². The number of nitrogens with zero attached hydrogens (tertiary/aromatic N) is 2. The fourth-order valence-electron chi connectivity index (χ4n) is 8.93. The van der Waals surface area contributed by atoms with Gasteiger partial charge in [-0.15, -0.1) is 0 Å². The minimum Gasteiger partial charge on any atom is -0.457 e. The molecule has 0 radical (unpaired) electrons. The Morgan fingerprint density at radius 3 is 1.36 bits per heavy atom. The smallest absolute Gasteiger partial charge is 0.266 e. The molecule has 0 saturated carbocycles. The molecule has 6 aromatic carbocycles. The van der Waals surface area contributed by atoms with Crippen molar-refractivity contribution < 1.29 is 37.1 Å². The molecule has 0 aromatic heterocycles. The maximum atomic E-state index is 13.7. The summed E-state index contributed by atoms with van der Waals surface area (Å²) in [4.78, 5) is 56.5. The highest BCUT2D eigenvalue weighted by atomic mass is 32.2. The Hall–Kier alpha value is -6.85. The van der Waals surface area contributed by atoms with Gasteiger partial charge in [-0.2, -0.15) is 0 Å². The highest BCUT2D eigenvalue weighted by Gasteiger charge is 2.45. The molecule has 6 aromatic rings. The van der Waals surface area contributed by atoms with E-state index in [0.717, 1.165) is 40.9 Å². The third-order valence-electron chi connectivity index (χ3n) is 13.9. The average Bonchev–Trinajstić information content (AvgIpc) is 3.73. The molecule has 2 heterocycles. The molecule has 0 saturated heterocycles. The summed E-state index contributed by atoms with van der Waals surface area (Å²) in [6.07, 6.45) is 4.50. The molecular weight excluding hydrogens is 861 g/mol. The van der Waals surface area contributed by atoms with Crippen LogP contribution in [0.2, 0.25) is 0 Å². The van der Waals surface area contributed by atoms with Gasteiger partial charge >= 0.3 is 0 Å². The van der Waals surface area contributed by atoms with Crippen LogP contribution in [0.5, 0.6) is 23.0 Å². The molecule has 0 bridgehead atoms. The van der Waals surface area contributed by atoms with Crippen molar-refractivity contribution in [2.75, 3.05) is 4.90 Å². The van der Waals surface area contributed by atoms with Crippen molar-refractivity contribution in [1.82, 2.24) is 4.90 Å². The van der Waals surface area contributed by atoms with Crippen LogP contribution in [-0.2, 0) is 20.7 Å². The minimum atomic E-state index is -3.85. The maximum absolute atomic E-state index is 13.7. The van der Waals surface area contributed by atoms with Gasteiger partial charge in [-0.05, 0) is 145 Å². The van der Waals surface area contributed by atoms with Crippen LogP contribution in [0.1, 0.15) is 146 Å². The third kappa shape index (κ3) is 8.57. The number of unbranched alkanes of at least 4 members (excludes halogenated alkanes) is 1. The van der Waals surface area contributed by atoms with E-state index < -0.39 is 32.6 Å². The largest absolute Gasteiger partial charge is 0.457 e. The van der Waals surface area contributed by atoms with Gasteiger partial charge in [-0.3, -0.25) is 24.1 Å². The van der Waals surface area contributed by atoms with Crippen LogP contribution in [-0.4, -0.2) is 42.5 Å². The summed E-state index contributed by atoms with van der Waals surface area (Å²) in [5.74, 6) is 0.356. The van der Waals surface area contributed by atoms with Crippen molar-refractivity contribution in [2.24, 2.45) is 0 Å². The van der Waals surface area contributed by atoms with Gasteiger partial charge in [-0.1, -0.05) is 97.7 Å². The molecule has 0 N–H and O–H groups in total. The first-order chi connectivity index (χ1) is 31.8. The lowest BCUT2D eigenvalue weighted by molar-refractivity contribution is 0.0434. The molecule has 0 aliphatic carbocycles. The molecule has 0 atom stereocenters. The van der Waals surface area contributed by atoms with Crippen LogP contribution in [0, 0.1) is 0 Å². The van der Waals surface area contributed by atoms with Crippen molar-refractivity contribution in [3.63, 3.8) is 0 Å². The standard InChI is InChI=1S/C56H56N2O8S/c1-9-12-33-54(4,5)36-17-27-44(28-18-36)67(63,64)45-29-19-39(20-30-45)57-50(59)46-31-25-42(34-48(46)51(57)60)65-40-21-13-37(14-22-40)55(6,7)38-15-23-41(24-16-38)66-43-26-32-47-49(35-43)53(62)58(52(47)61)56(8,10-2)11-3/h13-32,34-35H,9-12,33H2,1-8H3. The Kier molecular flexibility index (Phi) is 12.4. The lowest BCUT2D eigenvalue weighted by Crippen LogP contribution is -2.48. The van der Waals surface area contributed by atoms with Gasteiger partial charge < -0.3 is 9.47 Å². The summed E-state index contributed by atoms with van der Waals surface area (Å²) in [7, 11) is -3.85. The number of imide groups is 2. The molecule has 0 unspecified atom stereocenters. The molecule has 8 rings (SSSR count). The normalized spacial score (nSPS) is 14.1. The van der Waals surface area contributed by atoms with Gasteiger partial charge in [0, 0.05) is 11.0 Å². The summed E-state index contributed by atoms with van der Waals surface area (Å²) in [5.41, 5.74) is 3.50. The second-order valence-corrected chi connectivity index (χ2v) is 20.8. The molecule has 0 fully saturated rings. The zero-order valence-corrected chi connectivity index (χ0v) is 40.1. The van der Waals surface area contributed by atoms with E-state index in [4.69, 9.17) is 9.47 Å². The highest BCUT2D eigenvalue weighted by molar-refractivity contribution is 7.91. The van der Waals surface area contributed by atoms with E-state index in [9.17, 15) is 27.6 Å². The van der Waals surface area contributed by atoms with Gasteiger partial charge in [0.15, 0.2) is 0 Å². The van der Waals surface area contributed by atoms with Crippen molar-refractivity contribution in [1.29, 1.82) is 0 Å². The maximum Gasteiger partial charge on any atom is 0.266 e. The zero-order valence-electron chi connectivity index (χ0n) is 39.3. The van der Waals surface area contributed by atoms with Gasteiger partial charge in [0.1, 0.15) is 23.0 Å². The first kappa shape index (κ1) is 46.7. The fraction of sp³-hybridized carbons (Fsp3) is 0.286. The Labute approximate surface area is 393 Å². The van der Waals surface area contributed by atoms with Crippen LogP contribution in [0.15, 0.2) is 143 Å². The van der Waals surface area contributed by atoms with Crippen LogP contribution >= 0.6 is 0 Å². The van der Waals surface area contributed by atoms with Gasteiger partial charge in [0.25, 0.3) is 23.6 Å². The molecule has 10 nitrogen and oxygen atoms in total. The minimum absolute atomic E-state index is 0.0602. The second kappa shape index (κ2) is 17.8. The summed E-state index contributed by atoms with van der Waals surface area (Å²) >= 11 is 0. The van der Waals surface area contributed by atoms with Gasteiger partial charge in [0.2, 0.25) is 9.84 Å². The van der Waals surface area contributed by atoms with Crippen LogP contribution in [0.4, 0.5) is 5.69 Å². The molecule has 67 heavy (non-hydrogen) atoms. The quantitative estimate of drug-likeness (QED) is 0.0878. The molecule has 2 aliphatic rings. The number of hydrogen-bond acceptors (Lipinski definition) is 8. The van der Waals surface area contributed by atoms with Crippen molar-refractivity contribution in [3.8, 4) is 23.0 Å². The topological polar surface area (TPSA) is 127 Å². The second-order valence-electron chi connectivity index (χ2n) is 18.9. The molecule has 2 aliphatic heterocycles. The monoisotopic (exact) mass is 916 g/mol. The number of anilines is 1. The predicted octanol–water partition coefficient (Wildman–Crippen LogP) is 12.9.